The molecule has 0 saturated carbocycles. The Morgan fingerprint density at radius 1 is 1.03 bits per heavy atom. The maximum atomic E-state index is 13.0. The van der Waals surface area contributed by atoms with Crippen molar-refractivity contribution in [3.8, 4) is 0 Å². The van der Waals surface area contributed by atoms with Gasteiger partial charge in [0, 0.05) is 30.2 Å². The molecule has 160 valence electrons. The molecule has 3 rings (SSSR count). The number of benzene rings is 1. The molecule has 1 aromatic carbocycles. The quantitative estimate of drug-likeness (QED) is 0.442. The Kier molecular flexibility index (Phi) is 6.54. The normalized spacial score (nSPS) is 18.8. The van der Waals surface area contributed by atoms with Crippen LogP contribution in [0.3, 0.4) is 0 Å². The van der Waals surface area contributed by atoms with Crippen LogP contribution in [0.1, 0.15) is 36.2 Å². The van der Waals surface area contributed by atoms with Crippen molar-refractivity contribution >= 4 is 34.5 Å². The monoisotopic (exact) mass is 414 g/mol. The number of H-pyrrole nitrogens is 1. The predicted molar refractivity (Wildman–Crippen MR) is 109 cm³/mol. The first-order valence-electron chi connectivity index (χ1n) is 10.1. The number of rotatable bonds is 6. The first-order chi connectivity index (χ1) is 14.4. The molecule has 1 aliphatic heterocycles. The van der Waals surface area contributed by atoms with Crippen molar-refractivity contribution in [3.05, 3.63) is 35.5 Å². The second kappa shape index (κ2) is 9.11. The minimum absolute atomic E-state index is 0.0285. The Morgan fingerprint density at radius 3 is 2.20 bits per heavy atom. The van der Waals surface area contributed by atoms with Crippen LogP contribution in [0.15, 0.2) is 24.4 Å². The highest BCUT2D eigenvalue weighted by molar-refractivity contribution is 6.45. The number of ether oxygens (including phenoxy) is 2. The molecule has 0 spiro atoms. The SMILES string of the molecule is CCOC(=O)[C@@H]1C[C@H](C(=O)OCC)CN(C(=O)C(=O)c2c[nH]c3c(C)cccc23)C1. The zero-order valence-corrected chi connectivity index (χ0v) is 17.4. The van der Waals surface area contributed by atoms with E-state index in [0.29, 0.717) is 5.39 Å². The number of aryl methyl sites for hydroxylation is 1. The summed E-state index contributed by atoms with van der Waals surface area (Å²) in [6.07, 6.45) is 1.75. The third-order valence-corrected chi connectivity index (χ3v) is 5.34. The molecule has 0 radical (unpaired) electrons. The Labute approximate surface area is 174 Å². The molecule has 0 bridgehead atoms. The summed E-state index contributed by atoms with van der Waals surface area (Å²) in [6.45, 7) is 5.74. The zero-order valence-electron chi connectivity index (χ0n) is 17.4. The van der Waals surface area contributed by atoms with Crippen LogP contribution in [0.25, 0.3) is 10.9 Å². The van der Waals surface area contributed by atoms with Gasteiger partial charge in [-0.25, -0.2) is 0 Å². The average Bonchev–Trinajstić information content (AvgIpc) is 3.18. The lowest BCUT2D eigenvalue weighted by atomic mass is 9.88. The molecule has 0 unspecified atom stereocenters. The first-order valence-corrected chi connectivity index (χ1v) is 10.1. The van der Waals surface area contributed by atoms with Crippen molar-refractivity contribution in [1.82, 2.24) is 9.88 Å². The lowest BCUT2D eigenvalue weighted by Crippen LogP contribution is -2.50. The van der Waals surface area contributed by atoms with E-state index in [0.717, 1.165) is 11.1 Å². The summed E-state index contributed by atoms with van der Waals surface area (Å²) >= 11 is 0. The number of piperidine rings is 1. The van der Waals surface area contributed by atoms with Gasteiger partial charge < -0.3 is 19.4 Å². The van der Waals surface area contributed by atoms with Gasteiger partial charge in [-0.1, -0.05) is 18.2 Å². The number of aromatic amines is 1. The molecule has 2 aromatic rings. The van der Waals surface area contributed by atoms with Crippen LogP contribution >= 0.6 is 0 Å². The fourth-order valence-electron chi connectivity index (χ4n) is 3.88. The molecule has 2 atom stereocenters. The molecular weight excluding hydrogens is 388 g/mol. The van der Waals surface area contributed by atoms with Crippen LogP contribution in [0, 0.1) is 18.8 Å². The van der Waals surface area contributed by atoms with Crippen molar-refractivity contribution in [3.63, 3.8) is 0 Å². The number of esters is 2. The van der Waals surface area contributed by atoms with Gasteiger partial charge in [0.25, 0.3) is 11.7 Å². The number of carbonyl (C=O) groups is 4. The number of Topliss-reactive ketones (excluding diaryl/α,β-unsaturated/α-hetero) is 1. The van der Waals surface area contributed by atoms with Crippen molar-refractivity contribution in [2.45, 2.75) is 27.2 Å². The van der Waals surface area contributed by atoms with Gasteiger partial charge in [-0.2, -0.15) is 0 Å². The smallest absolute Gasteiger partial charge is 0.310 e. The maximum absolute atomic E-state index is 13.0. The summed E-state index contributed by atoms with van der Waals surface area (Å²) in [7, 11) is 0. The van der Waals surface area contributed by atoms with Crippen LogP contribution in [-0.4, -0.2) is 59.8 Å². The number of ketones is 1. The average molecular weight is 414 g/mol. The number of nitrogens with one attached hydrogen (secondary N) is 1. The molecule has 8 nitrogen and oxygen atoms in total. The highest BCUT2D eigenvalue weighted by Gasteiger charge is 2.40. The highest BCUT2D eigenvalue weighted by atomic mass is 16.5. The maximum Gasteiger partial charge on any atom is 0.310 e. The second-order valence-electron chi connectivity index (χ2n) is 7.37. The number of para-hydroxylation sites is 1. The summed E-state index contributed by atoms with van der Waals surface area (Å²) in [6, 6.07) is 5.51. The number of hydrogen-bond acceptors (Lipinski definition) is 6. The van der Waals surface area contributed by atoms with E-state index >= 15 is 0 Å². The number of amides is 1. The van der Waals surface area contributed by atoms with Gasteiger partial charge in [0.2, 0.25) is 0 Å². The Balaban J connectivity index is 1.86. The van der Waals surface area contributed by atoms with E-state index in [1.807, 2.05) is 19.1 Å². The number of fused-ring (bicyclic) bond motifs is 1. The minimum Gasteiger partial charge on any atom is -0.466 e. The lowest BCUT2D eigenvalue weighted by Gasteiger charge is -2.35. The Hall–Kier alpha value is -3.16. The van der Waals surface area contributed by atoms with Gasteiger partial charge in [-0.05, 0) is 32.8 Å². The third kappa shape index (κ3) is 4.22. The van der Waals surface area contributed by atoms with Crippen molar-refractivity contribution in [2.75, 3.05) is 26.3 Å². The highest BCUT2D eigenvalue weighted by Crippen LogP contribution is 2.27. The minimum atomic E-state index is -0.749. The molecule has 30 heavy (non-hydrogen) atoms. The summed E-state index contributed by atoms with van der Waals surface area (Å²) in [4.78, 5) is 54.9. The summed E-state index contributed by atoms with van der Waals surface area (Å²) in [5, 5.41) is 0.661. The van der Waals surface area contributed by atoms with Gasteiger partial charge >= 0.3 is 11.9 Å². The first kappa shape index (κ1) is 21.5. The van der Waals surface area contributed by atoms with E-state index < -0.39 is 35.5 Å². The van der Waals surface area contributed by atoms with Crippen molar-refractivity contribution in [2.24, 2.45) is 11.8 Å². The molecule has 8 heteroatoms. The lowest BCUT2D eigenvalue weighted by molar-refractivity contribution is -0.157. The third-order valence-electron chi connectivity index (χ3n) is 5.34. The number of aromatic nitrogens is 1. The van der Waals surface area contributed by atoms with Crippen LogP contribution in [0.5, 0.6) is 0 Å². The van der Waals surface area contributed by atoms with Gasteiger partial charge in [0.1, 0.15) is 0 Å². The van der Waals surface area contributed by atoms with Crippen LogP contribution < -0.4 is 0 Å². The Bertz CT molecular complexity index is 953. The van der Waals surface area contributed by atoms with Gasteiger partial charge in [0.05, 0.1) is 30.6 Å². The summed E-state index contributed by atoms with van der Waals surface area (Å²) in [5.41, 5.74) is 2.02. The molecule has 1 aliphatic rings. The van der Waals surface area contributed by atoms with Crippen LogP contribution in [0.4, 0.5) is 0 Å². The van der Waals surface area contributed by atoms with E-state index in [4.69, 9.17) is 9.47 Å². The van der Waals surface area contributed by atoms with Crippen LogP contribution in [-0.2, 0) is 23.9 Å². The molecule has 0 aliphatic carbocycles. The topological polar surface area (TPSA) is 106 Å². The van der Waals surface area contributed by atoms with Crippen molar-refractivity contribution in [1.29, 1.82) is 0 Å². The van der Waals surface area contributed by atoms with Gasteiger partial charge in [-0.15, -0.1) is 0 Å². The molecule has 1 amide bonds. The molecule has 1 aromatic heterocycles. The number of carbonyl (C=O) groups excluding carboxylic acids is 4. The fourth-order valence-corrected chi connectivity index (χ4v) is 3.88. The van der Waals surface area contributed by atoms with E-state index in [-0.39, 0.29) is 38.3 Å². The van der Waals surface area contributed by atoms with E-state index in [9.17, 15) is 19.2 Å². The zero-order chi connectivity index (χ0) is 21.8. The number of nitrogens with zero attached hydrogens (tertiary/aromatic N) is 1. The molecule has 2 heterocycles. The van der Waals surface area contributed by atoms with E-state index in [2.05, 4.69) is 4.98 Å². The molecular formula is C22H26N2O6. The predicted octanol–water partition coefficient (Wildman–Crippen LogP) is 2.25. The van der Waals surface area contributed by atoms with E-state index in [1.54, 1.807) is 19.9 Å². The Morgan fingerprint density at radius 2 is 1.63 bits per heavy atom. The van der Waals surface area contributed by atoms with Crippen molar-refractivity contribution < 1.29 is 28.7 Å². The van der Waals surface area contributed by atoms with E-state index in [1.165, 1.54) is 11.1 Å². The summed E-state index contributed by atoms with van der Waals surface area (Å²) in [5.74, 6) is -3.77. The van der Waals surface area contributed by atoms with Crippen LogP contribution in [0.2, 0.25) is 0 Å². The largest absolute Gasteiger partial charge is 0.466 e. The second-order valence-corrected chi connectivity index (χ2v) is 7.37. The standard InChI is InChI=1S/C22H26N2O6/c1-4-29-21(27)14-9-15(22(28)30-5-2)12-24(11-14)20(26)19(25)17-10-23-18-13(3)7-6-8-16(17)18/h6-8,10,14-15,23H,4-5,9,11-12H2,1-3H3/t14-,15+. The number of likely N-dealkylation sites (tertiary alicyclic amines) is 1. The van der Waals surface area contributed by atoms with Gasteiger partial charge in [-0.3, -0.25) is 19.2 Å². The molecule has 1 fully saturated rings. The fraction of sp³-hybridized carbons (Fsp3) is 0.455. The molecule has 1 N–H and O–H groups in total. The van der Waals surface area contributed by atoms with Gasteiger partial charge in [0.15, 0.2) is 0 Å². The summed E-state index contributed by atoms with van der Waals surface area (Å²) < 4.78 is 10.2. The number of hydrogen-bond donors (Lipinski definition) is 1. The molecule has 1 saturated heterocycles.